The number of nitrogens with one attached hydrogen (secondary N) is 1. The first-order valence-electron chi connectivity index (χ1n) is 6.78. The van der Waals surface area contributed by atoms with Gasteiger partial charge in [0.25, 0.3) is 5.91 Å². The fourth-order valence-corrected chi connectivity index (χ4v) is 2.54. The second-order valence-electron chi connectivity index (χ2n) is 4.75. The third-order valence-electron chi connectivity index (χ3n) is 2.66. The van der Waals surface area contributed by atoms with Gasteiger partial charge in [0.2, 0.25) is 0 Å². The second-order valence-corrected chi connectivity index (χ2v) is 6.00. The first kappa shape index (κ1) is 19.8. The van der Waals surface area contributed by atoms with Gasteiger partial charge in [0.15, 0.2) is 12.4 Å². The summed E-state index contributed by atoms with van der Waals surface area (Å²) in [6.45, 7) is 1.16. The van der Waals surface area contributed by atoms with Crippen molar-refractivity contribution in [2.75, 3.05) is 6.61 Å². The molecule has 14 heteroatoms. The molecule has 0 aliphatic carbocycles. The molecule has 138 valence electrons. The highest BCUT2D eigenvalue weighted by atomic mass is 35.5. The van der Waals surface area contributed by atoms with E-state index in [0.29, 0.717) is 10.7 Å². The molecule has 2 rings (SSSR count). The molecule has 0 saturated carbocycles. The van der Waals surface area contributed by atoms with E-state index in [4.69, 9.17) is 39.5 Å². The fraction of sp³-hybridized carbons (Fsp3) is 0.250. The molecule has 0 radical (unpaired) electrons. The Bertz CT molecular complexity index is 847. The van der Waals surface area contributed by atoms with E-state index in [-0.39, 0.29) is 22.3 Å². The van der Waals surface area contributed by atoms with Crippen molar-refractivity contribution in [3.63, 3.8) is 0 Å². The highest BCUT2D eigenvalue weighted by Gasteiger charge is 2.16. The van der Waals surface area contributed by atoms with Crippen LogP contribution in [0.25, 0.3) is 0 Å². The van der Waals surface area contributed by atoms with Crippen molar-refractivity contribution in [3.05, 3.63) is 37.3 Å². The van der Waals surface area contributed by atoms with Gasteiger partial charge in [0.05, 0.1) is 26.0 Å². The van der Waals surface area contributed by atoms with Crippen LogP contribution in [0.1, 0.15) is 6.92 Å². The van der Waals surface area contributed by atoms with Gasteiger partial charge in [-0.1, -0.05) is 39.6 Å². The van der Waals surface area contributed by atoms with E-state index in [2.05, 4.69) is 25.9 Å². The summed E-state index contributed by atoms with van der Waals surface area (Å²) < 4.78 is 5.25. The summed E-state index contributed by atoms with van der Waals surface area (Å²) in [7, 11) is 0. The van der Waals surface area contributed by atoms with Crippen LogP contribution in [0.4, 0.5) is 5.95 Å². The molecule has 1 N–H and O–H groups in total. The van der Waals surface area contributed by atoms with Gasteiger partial charge < -0.3 is 14.9 Å². The second kappa shape index (κ2) is 8.74. The average Bonchev–Trinajstić information content (AvgIpc) is 3.00. The maximum atomic E-state index is 11.8. The number of benzene rings is 1. The molecular formula is C12H10Cl3N7O4. The normalized spacial score (nSPS) is 11.3. The standard InChI is InChI=1S/C12H10Cl3N7O4/c1-6(4-21-19-12(18-20-21)22(24)25)16-17-10(23)5-26-11-8(14)2-7(13)3-9(11)15/h2-3H,4-5H2,1H3,(H,17,23). The molecule has 0 unspecified atom stereocenters. The number of hydrogen-bond donors (Lipinski definition) is 1. The summed E-state index contributed by atoms with van der Waals surface area (Å²) in [4.78, 5) is 22.4. The molecular weight excluding hydrogens is 413 g/mol. The van der Waals surface area contributed by atoms with Crippen molar-refractivity contribution in [1.29, 1.82) is 0 Å². The number of nitrogens with zero attached hydrogens (tertiary/aromatic N) is 6. The molecule has 0 atom stereocenters. The van der Waals surface area contributed by atoms with Crippen LogP contribution in [0, 0.1) is 10.1 Å². The number of hydrogen-bond acceptors (Lipinski definition) is 8. The Morgan fingerprint density at radius 3 is 2.62 bits per heavy atom. The average molecular weight is 423 g/mol. The molecule has 0 fully saturated rings. The number of tetrazole rings is 1. The molecule has 2 aromatic rings. The van der Waals surface area contributed by atoms with Crippen LogP contribution in [0.5, 0.6) is 5.75 Å². The summed E-state index contributed by atoms with van der Waals surface area (Å²) in [6, 6.07) is 2.85. The van der Waals surface area contributed by atoms with Crippen molar-refractivity contribution >= 4 is 52.4 Å². The molecule has 1 heterocycles. The lowest BCUT2D eigenvalue weighted by molar-refractivity contribution is -0.394. The van der Waals surface area contributed by atoms with Crippen LogP contribution in [0.3, 0.4) is 0 Å². The molecule has 0 saturated heterocycles. The number of rotatable bonds is 7. The lowest BCUT2D eigenvalue weighted by Crippen LogP contribution is -2.26. The minimum absolute atomic E-state index is 0.00316. The van der Waals surface area contributed by atoms with Crippen LogP contribution in [0.2, 0.25) is 15.1 Å². The molecule has 0 aliphatic heterocycles. The van der Waals surface area contributed by atoms with Crippen LogP contribution in [0.15, 0.2) is 17.2 Å². The molecule has 1 aromatic heterocycles. The lowest BCUT2D eigenvalue weighted by Gasteiger charge is -2.09. The smallest absolute Gasteiger partial charge is 0.481 e. The summed E-state index contributed by atoms with van der Waals surface area (Å²) in [5.41, 5.74) is 2.61. The number of hydrazone groups is 1. The van der Waals surface area contributed by atoms with E-state index in [1.165, 1.54) is 12.1 Å². The Morgan fingerprint density at radius 2 is 2.04 bits per heavy atom. The first-order valence-corrected chi connectivity index (χ1v) is 7.91. The molecule has 26 heavy (non-hydrogen) atoms. The van der Waals surface area contributed by atoms with Crippen LogP contribution >= 0.6 is 34.8 Å². The van der Waals surface area contributed by atoms with E-state index < -0.39 is 23.4 Å². The highest BCUT2D eigenvalue weighted by molar-refractivity contribution is 6.40. The number of halogens is 3. The van der Waals surface area contributed by atoms with Crippen LogP contribution < -0.4 is 10.2 Å². The number of nitro groups is 1. The Hall–Kier alpha value is -2.50. The summed E-state index contributed by atoms with van der Waals surface area (Å²) >= 11 is 17.7. The van der Waals surface area contributed by atoms with Gasteiger partial charge in [-0.2, -0.15) is 5.10 Å². The topological polar surface area (TPSA) is 137 Å². The maximum absolute atomic E-state index is 11.8. The Kier molecular flexibility index (Phi) is 6.66. The maximum Gasteiger partial charge on any atom is 0.514 e. The Morgan fingerprint density at radius 1 is 1.38 bits per heavy atom. The Labute approximate surface area is 161 Å². The fourth-order valence-electron chi connectivity index (χ4n) is 1.61. The summed E-state index contributed by atoms with van der Waals surface area (Å²) in [5, 5.41) is 25.2. The third-order valence-corrected chi connectivity index (χ3v) is 3.44. The quantitative estimate of drug-likeness (QED) is 0.409. The van der Waals surface area contributed by atoms with E-state index in [0.717, 1.165) is 4.80 Å². The molecule has 0 aliphatic rings. The zero-order valence-electron chi connectivity index (χ0n) is 13.0. The van der Waals surface area contributed by atoms with Gasteiger partial charge in [-0.3, -0.25) is 4.79 Å². The zero-order valence-corrected chi connectivity index (χ0v) is 15.3. The molecule has 1 aromatic carbocycles. The van der Waals surface area contributed by atoms with Gasteiger partial charge in [0, 0.05) is 10.2 Å². The van der Waals surface area contributed by atoms with E-state index in [1.807, 2.05) is 0 Å². The van der Waals surface area contributed by atoms with E-state index in [1.54, 1.807) is 6.92 Å². The Balaban J connectivity index is 1.87. The van der Waals surface area contributed by atoms with Crippen LogP contribution in [-0.2, 0) is 11.3 Å². The lowest BCUT2D eigenvalue weighted by atomic mass is 10.3. The predicted molar refractivity (Wildman–Crippen MR) is 92.7 cm³/mol. The van der Waals surface area contributed by atoms with Gasteiger partial charge >= 0.3 is 5.95 Å². The minimum atomic E-state index is -0.776. The van der Waals surface area contributed by atoms with Gasteiger partial charge in [0.1, 0.15) is 6.54 Å². The predicted octanol–water partition coefficient (Wildman–Crippen LogP) is 2.11. The first-order chi connectivity index (χ1) is 12.3. The largest absolute Gasteiger partial charge is 0.514 e. The number of amides is 1. The van der Waals surface area contributed by atoms with Gasteiger partial charge in [-0.25, -0.2) is 5.43 Å². The van der Waals surface area contributed by atoms with E-state index in [9.17, 15) is 14.9 Å². The SMILES string of the molecule is CC(Cn1nnc([N+](=O)[O-])n1)=NNC(=O)COc1c(Cl)cc(Cl)cc1Cl. The molecule has 0 spiro atoms. The third kappa shape index (κ3) is 5.51. The van der Waals surface area contributed by atoms with Crippen molar-refractivity contribution in [1.82, 2.24) is 25.6 Å². The molecule has 0 bridgehead atoms. The summed E-state index contributed by atoms with van der Waals surface area (Å²) in [5.74, 6) is -1.09. The number of carbonyl (C=O) groups excluding carboxylic acids is 1. The van der Waals surface area contributed by atoms with Gasteiger partial charge in [-0.05, 0) is 24.0 Å². The van der Waals surface area contributed by atoms with Gasteiger partial charge in [-0.15, -0.1) is 0 Å². The van der Waals surface area contributed by atoms with Crippen molar-refractivity contribution in [2.45, 2.75) is 13.5 Å². The van der Waals surface area contributed by atoms with Crippen molar-refractivity contribution in [3.8, 4) is 5.75 Å². The van der Waals surface area contributed by atoms with Crippen LogP contribution in [-0.4, -0.2) is 43.4 Å². The van der Waals surface area contributed by atoms with E-state index >= 15 is 0 Å². The summed E-state index contributed by atoms with van der Waals surface area (Å²) in [6.07, 6.45) is 0. The minimum Gasteiger partial charge on any atom is -0.481 e. The highest BCUT2D eigenvalue weighted by Crippen LogP contribution is 2.35. The number of carbonyl (C=O) groups is 1. The monoisotopic (exact) mass is 421 g/mol. The van der Waals surface area contributed by atoms with Crippen molar-refractivity contribution in [2.24, 2.45) is 5.10 Å². The molecule has 11 nitrogen and oxygen atoms in total. The van der Waals surface area contributed by atoms with Crippen molar-refractivity contribution < 1.29 is 14.5 Å². The number of ether oxygens (including phenoxy) is 1. The zero-order chi connectivity index (χ0) is 19.3. The number of aromatic nitrogens is 4. The molecule has 1 amide bonds.